The van der Waals surface area contributed by atoms with Gasteiger partial charge in [0.05, 0.1) is 11.4 Å². The van der Waals surface area contributed by atoms with Gasteiger partial charge in [0.25, 0.3) is 0 Å². The molecule has 3 rings (SSSR count). The van der Waals surface area contributed by atoms with Crippen LogP contribution in [0, 0.1) is 13.8 Å². The molecular formula is C17H18N4. The van der Waals surface area contributed by atoms with Gasteiger partial charge in [-0.15, -0.1) is 5.10 Å². The molecule has 4 nitrogen and oxygen atoms in total. The molecule has 4 heteroatoms. The van der Waals surface area contributed by atoms with Crippen LogP contribution in [0.4, 0.5) is 0 Å². The summed E-state index contributed by atoms with van der Waals surface area (Å²) in [5.74, 6) is 0. The normalized spacial score (nSPS) is 10.8. The van der Waals surface area contributed by atoms with E-state index >= 15 is 0 Å². The zero-order chi connectivity index (χ0) is 14.8. The summed E-state index contributed by atoms with van der Waals surface area (Å²) in [7, 11) is 0. The van der Waals surface area contributed by atoms with Crippen molar-refractivity contribution in [2.75, 3.05) is 0 Å². The molecule has 0 amide bonds. The lowest BCUT2D eigenvalue weighted by Gasteiger charge is -2.09. The molecule has 21 heavy (non-hydrogen) atoms. The summed E-state index contributed by atoms with van der Waals surface area (Å²) < 4.78 is 1.86. The average molecular weight is 278 g/mol. The van der Waals surface area contributed by atoms with E-state index in [9.17, 15) is 0 Å². The van der Waals surface area contributed by atoms with E-state index in [2.05, 4.69) is 60.6 Å². The van der Waals surface area contributed by atoms with Gasteiger partial charge in [-0.25, -0.2) is 4.68 Å². The standard InChI is InChI=1S/C17H18N4/c1-12-6-8-14(9-7-12)17-16(11-18)19-20-21(17)15-5-3-4-13(2)10-15/h3-10H,11,18H2,1-2H3. The summed E-state index contributed by atoms with van der Waals surface area (Å²) in [6.45, 7) is 4.51. The molecule has 1 heterocycles. The van der Waals surface area contributed by atoms with E-state index in [4.69, 9.17) is 5.73 Å². The van der Waals surface area contributed by atoms with Gasteiger partial charge in [-0.1, -0.05) is 47.2 Å². The van der Waals surface area contributed by atoms with Crippen LogP contribution < -0.4 is 5.73 Å². The number of nitrogens with two attached hydrogens (primary N) is 1. The van der Waals surface area contributed by atoms with Crippen LogP contribution in [-0.2, 0) is 6.54 Å². The lowest BCUT2D eigenvalue weighted by molar-refractivity contribution is 0.799. The predicted octanol–water partition coefficient (Wildman–Crippen LogP) is 3.01. The van der Waals surface area contributed by atoms with E-state index in [1.54, 1.807) is 0 Å². The van der Waals surface area contributed by atoms with Gasteiger partial charge in [-0.2, -0.15) is 0 Å². The second-order valence-electron chi connectivity index (χ2n) is 5.21. The Morgan fingerprint density at radius 3 is 2.43 bits per heavy atom. The number of hydrogen-bond acceptors (Lipinski definition) is 3. The second kappa shape index (κ2) is 5.50. The Bertz CT molecular complexity index is 757. The molecule has 0 aliphatic rings. The summed E-state index contributed by atoms with van der Waals surface area (Å²) in [6.07, 6.45) is 0. The van der Waals surface area contributed by atoms with Crippen molar-refractivity contribution in [3.05, 3.63) is 65.4 Å². The van der Waals surface area contributed by atoms with Crippen LogP contribution in [0.15, 0.2) is 48.5 Å². The molecule has 2 aromatic carbocycles. The van der Waals surface area contributed by atoms with E-state index < -0.39 is 0 Å². The maximum atomic E-state index is 5.82. The summed E-state index contributed by atoms with van der Waals surface area (Å²) in [4.78, 5) is 0. The fourth-order valence-corrected chi connectivity index (χ4v) is 2.39. The first-order valence-electron chi connectivity index (χ1n) is 6.98. The number of nitrogens with zero attached hydrogens (tertiary/aromatic N) is 3. The third-order valence-electron chi connectivity index (χ3n) is 3.50. The molecule has 0 saturated carbocycles. The van der Waals surface area contributed by atoms with Crippen LogP contribution in [0.1, 0.15) is 16.8 Å². The zero-order valence-corrected chi connectivity index (χ0v) is 12.2. The van der Waals surface area contributed by atoms with E-state index in [0.717, 1.165) is 22.6 Å². The first-order valence-corrected chi connectivity index (χ1v) is 6.98. The van der Waals surface area contributed by atoms with E-state index in [1.165, 1.54) is 11.1 Å². The van der Waals surface area contributed by atoms with Crippen molar-refractivity contribution in [3.8, 4) is 16.9 Å². The van der Waals surface area contributed by atoms with Crippen molar-refractivity contribution in [3.63, 3.8) is 0 Å². The zero-order valence-electron chi connectivity index (χ0n) is 12.2. The van der Waals surface area contributed by atoms with Gasteiger partial charge in [-0.3, -0.25) is 0 Å². The van der Waals surface area contributed by atoms with Gasteiger partial charge in [0.15, 0.2) is 0 Å². The highest BCUT2D eigenvalue weighted by atomic mass is 15.4. The van der Waals surface area contributed by atoms with Crippen LogP contribution in [0.5, 0.6) is 0 Å². The molecule has 0 aliphatic heterocycles. The first kappa shape index (κ1) is 13.5. The average Bonchev–Trinajstić information content (AvgIpc) is 2.92. The molecule has 1 aromatic heterocycles. The van der Waals surface area contributed by atoms with Crippen molar-refractivity contribution in [2.45, 2.75) is 20.4 Å². The smallest absolute Gasteiger partial charge is 0.105 e. The Morgan fingerprint density at radius 2 is 1.76 bits per heavy atom. The van der Waals surface area contributed by atoms with Gasteiger partial charge >= 0.3 is 0 Å². The van der Waals surface area contributed by atoms with E-state index in [1.807, 2.05) is 16.8 Å². The van der Waals surface area contributed by atoms with E-state index in [-0.39, 0.29) is 0 Å². The van der Waals surface area contributed by atoms with Gasteiger partial charge in [0, 0.05) is 12.1 Å². The summed E-state index contributed by atoms with van der Waals surface area (Å²) in [5.41, 5.74) is 12.1. The van der Waals surface area contributed by atoms with Crippen LogP contribution in [0.3, 0.4) is 0 Å². The summed E-state index contributed by atoms with van der Waals surface area (Å²) in [6, 6.07) is 16.5. The Balaban J connectivity index is 2.19. The highest BCUT2D eigenvalue weighted by Crippen LogP contribution is 2.25. The lowest BCUT2D eigenvalue weighted by Crippen LogP contribution is -2.02. The largest absolute Gasteiger partial charge is 0.325 e. The third-order valence-corrected chi connectivity index (χ3v) is 3.50. The molecule has 0 atom stereocenters. The molecule has 0 bridgehead atoms. The molecule has 0 radical (unpaired) electrons. The Kier molecular flexibility index (Phi) is 3.54. The number of rotatable bonds is 3. The van der Waals surface area contributed by atoms with Crippen LogP contribution in [-0.4, -0.2) is 15.0 Å². The fourth-order valence-electron chi connectivity index (χ4n) is 2.39. The van der Waals surface area contributed by atoms with Crippen molar-refractivity contribution in [2.24, 2.45) is 5.73 Å². The number of hydrogen-bond donors (Lipinski definition) is 1. The van der Waals surface area contributed by atoms with Gasteiger partial charge in [0.1, 0.15) is 5.69 Å². The molecular weight excluding hydrogens is 260 g/mol. The van der Waals surface area contributed by atoms with Crippen molar-refractivity contribution >= 4 is 0 Å². The van der Waals surface area contributed by atoms with Gasteiger partial charge in [-0.05, 0) is 31.5 Å². The van der Waals surface area contributed by atoms with Crippen molar-refractivity contribution in [1.82, 2.24) is 15.0 Å². The van der Waals surface area contributed by atoms with Crippen LogP contribution >= 0.6 is 0 Å². The number of benzene rings is 2. The molecule has 0 aliphatic carbocycles. The highest BCUT2D eigenvalue weighted by Gasteiger charge is 2.15. The monoisotopic (exact) mass is 278 g/mol. The first-order chi connectivity index (χ1) is 10.2. The molecule has 0 saturated heterocycles. The third kappa shape index (κ3) is 2.58. The maximum Gasteiger partial charge on any atom is 0.105 e. The number of aryl methyl sites for hydroxylation is 2. The molecule has 3 aromatic rings. The maximum absolute atomic E-state index is 5.82. The molecule has 106 valence electrons. The Labute approximate surface area is 124 Å². The fraction of sp³-hybridized carbons (Fsp3) is 0.176. The minimum Gasteiger partial charge on any atom is -0.325 e. The molecule has 0 unspecified atom stereocenters. The molecule has 2 N–H and O–H groups in total. The topological polar surface area (TPSA) is 56.7 Å². The Hall–Kier alpha value is -2.46. The highest BCUT2D eigenvalue weighted by molar-refractivity contribution is 5.64. The molecule has 0 spiro atoms. The predicted molar refractivity (Wildman–Crippen MR) is 84.2 cm³/mol. The van der Waals surface area contributed by atoms with E-state index in [0.29, 0.717) is 6.54 Å². The van der Waals surface area contributed by atoms with Crippen molar-refractivity contribution < 1.29 is 0 Å². The molecule has 0 fully saturated rings. The Morgan fingerprint density at radius 1 is 1.00 bits per heavy atom. The minimum absolute atomic E-state index is 0.370. The second-order valence-corrected chi connectivity index (χ2v) is 5.21. The van der Waals surface area contributed by atoms with Crippen LogP contribution in [0.25, 0.3) is 16.9 Å². The lowest BCUT2D eigenvalue weighted by atomic mass is 10.1. The summed E-state index contributed by atoms with van der Waals surface area (Å²) >= 11 is 0. The van der Waals surface area contributed by atoms with Crippen molar-refractivity contribution in [1.29, 1.82) is 0 Å². The minimum atomic E-state index is 0.370. The summed E-state index contributed by atoms with van der Waals surface area (Å²) in [5, 5.41) is 8.51. The number of aromatic nitrogens is 3. The van der Waals surface area contributed by atoms with Gasteiger partial charge in [0.2, 0.25) is 0 Å². The van der Waals surface area contributed by atoms with Crippen LogP contribution in [0.2, 0.25) is 0 Å². The SMILES string of the molecule is Cc1ccc(-c2c(CN)nnn2-c2cccc(C)c2)cc1. The van der Waals surface area contributed by atoms with Gasteiger partial charge < -0.3 is 5.73 Å². The quantitative estimate of drug-likeness (QED) is 0.801.